The molecule has 4 rings (SSSR count). The molecule has 2 aliphatic rings. The van der Waals surface area contributed by atoms with E-state index in [-0.39, 0.29) is 28.9 Å². The fourth-order valence-electron chi connectivity index (χ4n) is 5.87. The molecule has 1 fully saturated rings. The Kier molecular flexibility index (Phi) is 11.9. The lowest BCUT2D eigenvalue weighted by molar-refractivity contribution is -0.274. The summed E-state index contributed by atoms with van der Waals surface area (Å²) in [7, 11) is 2.54. The maximum Gasteiger partial charge on any atom is 0.573 e. The van der Waals surface area contributed by atoms with Crippen LogP contribution in [0.4, 0.5) is 24.5 Å². The van der Waals surface area contributed by atoms with Crippen LogP contribution >= 0.6 is 0 Å². The van der Waals surface area contributed by atoms with Gasteiger partial charge in [0.1, 0.15) is 0 Å². The van der Waals surface area contributed by atoms with Crippen LogP contribution in [-0.4, -0.2) is 70.7 Å². The molecule has 15 heteroatoms. The molecule has 0 bridgehead atoms. The van der Waals surface area contributed by atoms with Crippen LogP contribution in [-0.2, 0) is 19.1 Å². The minimum atomic E-state index is -4.77. The Morgan fingerprint density at radius 2 is 1.67 bits per heavy atom. The van der Waals surface area contributed by atoms with Crippen LogP contribution in [0.25, 0.3) is 0 Å². The number of carbonyl (C=O) groups excluding carboxylic acids is 2. The SMILES string of the molecule is COC(=O)C1=C(C)NC(C)=C(C(=O)OC)C1c1cccc(NC(=NCCNC2CCN(c3ccccc3OC(F)(F)F)CC2)NC#N)c1. The van der Waals surface area contributed by atoms with Crippen molar-refractivity contribution < 1.29 is 37.0 Å². The number of dihydropyridines is 1. The van der Waals surface area contributed by atoms with Crippen LogP contribution in [0.5, 0.6) is 5.75 Å². The van der Waals surface area contributed by atoms with Gasteiger partial charge in [0.05, 0.1) is 43.5 Å². The number of nitriles is 1. The molecule has 0 atom stereocenters. The monoisotopic (exact) mass is 669 g/mol. The summed E-state index contributed by atoms with van der Waals surface area (Å²) in [6.45, 7) is 5.36. The minimum Gasteiger partial charge on any atom is -0.466 e. The number of carbonyl (C=O) groups is 2. The molecule has 1 saturated heterocycles. The number of alkyl halides is 3. The van der Waals surface area contributed by atoms with E-state index in [1.807, 2.05) is 11.1 Å². The molecule has 0 radical (unpaired) electrons. The van der Waals surface area contributed by atoms with Gasteiger partial charge in [0, 0.05) is 42.8 Å². The molecule has 0 spiro atoms. The van der Waals surface area contributed by atoms with Crippen molar-refractivity contribution in [2.75, 3.05) is 50.6 Å². The highest BCUT2D eigenvalue weighted by Crippen LogP contribution is 2.40. The number of benzene rings is 2. The van der Waals surface area contributed by atoms with Crippen molar-refractivity contribution in [1.29, 1.82) is 5.26 Å². The van der Waals surface area contributed by atoms with Crippen LogP contribution < -0.4 is 30.9 Å². The van der Waals surface area contributed by atoms with E-state index in [4.69, 9.17) is 9.47 Å². The number of guanidine groups is 1. The molecular formula is C33H38F3N7O5. The van der Waals surface area contributed by atoms with Crippen molar-refractivity contribution in [3.63, 3.8) is 0 Å². The highest BCUT2D eigenvalue weighted by atomic mass is 19.4. The van der Waals surface area contributed by atoms with E-state index in [0.717, 1.165) is 0 Å². The van der Waals surface area contributed by atoms with Crippen LogP contribution in [0.15, 0.2) is 76.1 Å². The average Bonchev–Trinajstić information content (AvgIpc) is 3.05. The molecule has 0 unspecified atom stereocenters. The number of hydrogen-bond donors (Lipinski definition) is 4. The molecule has 2 heterocycles. The number of piperidine rings is 1. The standard InChI is InChI=1S/C33H38F3N7O5/c1-20-27(30(44)46-3)29(28(21(2)41-20)31(45)47-4)22-8-7-9-24(18-22)42-32(40-19-37)39-15-14-38-23-12-16-43(17-13-23)25-10-5-6-11-26(25)48-33(34,35)36/h5-11,18,23,29,38,41H,12-17H2,1-4H3,(H2,39,40,42). The molecule has 2 aromatic carbocycles. The fraction of sp³-hybridized carbons (Fsp3) is 0.394. The minimum absolute atomic E-state index is 0.134. The Labute approximate surface area is 276 Å². The zero-order valence-corrected chi connectivity index (χ0v) is 27.0. The number of rotatable bonds is 10. The Morgan fingerprint density at radius 3 is 2.27 bits per heavy atom. The number of nitrogens with one attached hydrogen (secondary N) is 4. The molecule has 48 heavy (non-hydrogen) atoms. The van der Waals surface area contributed by atoms with Gasteiger partial charge in [-0.2, -0.15) is 5.26 Å². The van der Waals surface area contributed by atoms with Crippen LogP contribution in [0.2, 0.25) is 0 Å². The number of nitrogens with zero attached hydrogens (tertiary/aromatic N) is 3. The van der Waals surface area contributed by atoms with Crippen LogP contribution in [0, 0.1) is 11.5 Å². The summed E-state index contributed by atoms with van der Waals surface area (Å²) in [6.07, 6.45) is -1.48. The van der Waals surface area contributed by atoms with E-state index in [9.17, 15) is 28.0 Å². The summed E-state index contributed by atoms with van der Waals surface area (Å²) >= 11 is 0. The summed E-state index contributed by atoms with van der Waals surface area (Å²) in [5.74, 6) is -1.99. The number of anilines is 2. The number of halogens is 3. The van der Waals surface area contributed by atoms with E-state index in [2.05, 4.69) is 31.0 Å². The first kappa shape index (κ1) is 35.6. The van der Waals surface area contributed by atoms with Gasteiger partial charge in [0.25, 0.3) is 0 Å². The fourth-order valence-corrected chi connectivity index (χ4v) is 5.87. The molecular weight excluding hydrogens is 631 g/mol. The molecule has 0 amide bonds. The lowest BCUT2D eigenvalue weighted by Crippen LogP contribution is -2.43. The van der Waals surface area contributed by atoms with Gasteiger partial charge in [-0.05, 0) is 56.5 Å². The van der Waals surface area contributed by atoms with E-state index < -0.39 is 24.2 Å². The second-order valence-electron chi connectivity index (χ2n) is 11.1. The normalized spacial score (nSPS) is 16.2. The van der Waals surface area contributed by atoms with E-state index >= 15 is 0 Å². The zero-order chi connectivity index (χ0) is 34.8. The number of aliphatic imine (C=N–C) groups is 1. The van der Waals surface area contributed by atoms with Crippen molar-refractivity contribution in [2.45, 2.75) is 45.0 Å². The van der Waals surface area contributed by atoms with Gasteiger partial charge in [-0.15, -0.1) is 13.2 Å². The maximum atomic E-state index is 12.9. The molecule has 4 N–H and O–H groups in total. The van der Waals surface area contributed by atoms with E-state index in [1.165, 1.54) is 26.4 Å². The summed E-state index contributed by atoms with van der Waals surface area (Å²) in [6, 6.07) is 13.3. The second kappa shape index (κ2) is 16.1. The highest BCUT2D eigenvalue weighted by molar-refractivity contribution is 6.00. The Balaban J connectivity index is 1.40. The van der Waals surface area contributed by atoms with E-state index in [1.54, 1.807) is 50.2 Å². The molecule has 2 aromatic rings. The zero-order valence-electron chi connectivity index (χ0n) is 27.0. The third kappa shape index (κ3) is 8.97. The van der Waals surface area contributed by atoms with Crippen LogP contribution in [0.1, 0.15) is 38.2 Å². The Bertz CT molecular complexity index is 1590. The average molecular weight is 670 g/mol. The van der Waals surface area contributed by atoms with Crippen LogP contribution in [0.3, 0.4) is 0 Å². The first-order valence-electron chi connectivity index (χ1n) is 15.2. The molecule has 256 valence electrons. The molecule has 12 nitrogen and oxygen atoms in total. The van der Waals surface area contributed by atoms with Crippen molar-refractivity contribution in [1.82, 2.24) is 16.0 Å². The Morgan fingerprint density at radius 1 is 1.02 bits per heavy atom. The molecule has 2 aliphatic heterocycles. The van der Waals surface area contributed by atoms with Gasteiger partial charge in [0.15, 0.2) is 11.9 Å². The van der Waals surface area contributed by atoms with Gasteiger partial charge in [-0.3, -0.25) is 10.3 Å². The topological polar surface area (TPSA) is 149 Å². The van der Waals surface area contributed by atoms with Crippen molar-refractivity contribution in [2.24, 2.45) is 4.99 Å². The summed E-state index contributed by atoms with van der Waals surface area (Å²) in [5, 5.41) is 21.5. The van der Waals surface area contributed by atoms with E-state index in [0.29, 0.717) is 67.4 Å². The lowest BCUT2D eigenvalue weighted by atomic mass is 9.80. The third-order valence-electron chi connectivity index (χ3n) is 7.97. The number of allylic oxidation sites excluding steroid dienone is 2. The predicted molar refractivity (Wildman–Crippen MR) is 173 cm³/mol. The lowest BCUT2D eigenvalue weighted by Gasteiger charge is -2.34. The van der Waals surface area contributed by atoms with Crippen molar-refractivity contribution in [3.8, 4) is 11.9 Å². The first-order valence-corrected chi connectivity index (χ1v) is 15.2. The summed E-state index contributed by atoms with van der Waals surface area (Å²) in [5.41, 5.74) is 3.18. The molecule has 0 saturated carbocycles. The Hall–Kier alpha value is -5.23. The van der Waals surface area contributed by atoms with Gasteiger partial charge in [-0.25, -0.2) is 9.59 Å². The summed E-state index contributed by atoms with van der Waals surface area (Å²) in [4.78, 5) is 32.1. The molecule has 0 aliphatic carbocycles. The number of para-hydroxylation sites is 2. The maximum absolute atomic E-state index is 12.9. The first-order chi connectivity index (χ1) is 22.9. The van der Waals surface area contributed by atoms with Gasteiger partial charge in [-0.1, -0.05) is 24.3 Å². The third-order valence-corrected chi connectivity index (χ3v) is 7.97. The second-order valence-corrected chi connectivity index (χ2v) is 11.1. The number of hydrogen-bond acceptors (Lipinski definition) is 10. The molecule has 0 aromatic heterocycles. The quantitative estimate of drug-likeness (QED) is 0.0718. The largest absolute Gasteiger partial charge is 0.573 e. The van der Waals surface area contributed by atoms with Crippen molar-refractivity contribution in [3.05, 3.63) is 76.6 Å². The number of esters is 2. The van der Waals surface area contributed by atoms with Gasteiger partial charge < -0.3 is 35.1 Å². The summed E-state index contributed by atoms with van der Waals surface area (Å²) < 4.78 is 52.8. The number of methoxy groups -OCH3 is 2. The van der Waals surface area contributed by atoms with Gasteiger partial charge >= 0.3 is 18.3 Å². The van der Waals surface area contributed by atoms with Gasteiger partial charge in [0.2, 0.25) is 5.96 Å². The van der Waals surface area contributed by atoms with Crippen molar-refractivity contribution >= 4 is 29.3 Å². The smallest absolute Gasteiger partial charge is 0.466 e. The number of ether oxygens (including phenoxy) is 3. The predicted octanol–water partition coefficient (Wildman–Crippen LogP) is 4.26. The highest BCUT2D eigenvalue weighted by Gasteiger charge is 2.38.